The Morgan fingerprint density at radius 3 is 2.69 bits per heavy atom. The zero-order valence-electron chi connectivity index (χ0n) is 15.8. The Kier molecular flexibility index (Phi) is 4.67. The predicted molar refractivity (Wildman–Crippen MR) is 103 cm³/mol. The number of anilines is 1. The molecule has 4 heterocycles. The fourth-order valence-electron chi connectivity index (χ4n) is 3.20. The van der Waals surface area contributed by atoms with E-state index < -0.39 is 12.3 Å². The van der Waals surface area contributed by atoms with Crippen molar-refractivity contribution < 1.29 is 17.9 Å². The lowest BCUT2D eigenvalue weighted by Gasteiger charge is -2.29. The average Bonchev–Trinajstić information content (AvgIpc) is 3.11. The molecular formula is C18H20F2N6O2S. The van der Waals surface area contributed by atoms with Gasteiger partial charge in [0.2, 0.25) is 0 Å². The first kappa shape index (κ1) is 18.8. The third-order valence-corrected chi connectivity index (χ3v) is 6.25. The normalized spacial score (nSPS) is 18.7. The molecule has 0 unspecified atom stereocenters. The fraction of sp³-hybridized carbons (Fsp3) is 0.500. The van der Waals surface area contributed by atoms with Gasteiger partial charge in [-0.1, -0.05) is 0 Å². The van der Waals surface area contributed by atoms with Gasteiger partial charge in [-0.15, -0.1) is 10.2 Å². The molecule has 5 rings (SSSR count). The summed E-state index contributed by atoms with van der Waals surface area (Å²) in [6.45, 7) is 5.02. The van der Waals surface area contributed by atoms with E-state index in [2.05, 4.69) is 37.8 Å². The molecule has 0 spiro atoms. The van der Waals surface area contributed by atoms with E-state index in [0.29, 0.717) is 18.9 Å². The first-order valence-electron chi connectivity index (χ1n) is 9.42. The standard InChI is InChI=1S/C18H20F2N6O2S/c1-18(2-3-18)24-29-11-8-12-14(16-22-23-17(28-16)15(19)20)21-10-26(12)13(9-11)25-4-6-27-7-5-25/h8-10,15,24H,2-7H2,1H3. The summed E-state index contributed by atoms with van der Waals surface area (Å²) >= 11 is 1.56. The number of morpholine rings is 1. The number of alkyl halides is 2. The van der Waals surface area contributed by atoms with Crippen LogP contribution in [0.2, 0.25) is 0 Å². The Labute approximate surface area is 169 Å². The first-order valence-corrected chi connectivity index (χ1v) is 10.2. The maximum atomic E-state index is 12.9. The van der Waals surface area contributed by atoms with Crippen molar-refractivity contribution in [1.29, 1.82) is 0 Å². The topological polar surface area (TPSA) is 80.7 Å². The first-order chi connectivity index (χ1) is 14.0. The van der Waals surface area contributed by atoms with Crippen LogP contribution in [0.3, 0.4) is 0 Å². The van der Waals surface area contributed by atoms with Crippen LogP contribution in [0.4, 0.5) is 14.6 Å². The van der Waals surface area contributed by atoms with Gasteiger partial charge in [0, 0.05) is 23.5 Å². The molecule has 0 radical (unpaired) electrons. The van der Waals surface area contributed by atoms with Gasteiger partial charge in [0.15, 0.2) is 5.69 Å². The van der Waals surface area contributed by atoms with Crippen LogP contribution in [0.1, 0.15) is 32.1 Å². The maximum absolute atomic E-state index is 12.9. The van der Waals surface area contributed by atoms with Gasteiger partial charge in [-0.3, -0.25) is 9.12 Å². The molecule has 2 fully saturated rings. The van der Waals surface area contributed by atoms with Crippen LogP contribution in [0.25, 0.3) is 17.1 Å². The van der Waals surface area contributed by atoms with E-state index in [9.17, 15) is 8.78 Å². The quantitative estimate of drug-likeness (QED) is 0.606. The highest BCUT2D eigenvalue weighted by molar-refractivity contribution is 7.97. The van der Waals surface area contributed by atoms with Crippen LogP contribution in [-0.4, -0.2) is 51.4 Å². The van der Waals surface area contributed by atoms with Crippen molar-refractivity contribution in [3.63, 3.8) is 0 Å². The molecule has 11 heteroatoms. The summed E-state index contributed by atoms with van der Waals surface area (Å²) < 4.78 is 41.8. The molecule has 8 nitrogen and oxygen atoms in total. The summed E-state index contributed by atoms with van der Waals surface area (Å²) in [5.74, 6) is 0.242. The van der Waals surface area contributed by atoms with Crippen LogP contribution in [0.5, 0.6) is 0 Å². The maximum Gasteiger partial charge on any atom is 0.314 e. The minimum atomic E-state index is -2.82. The lowest BCUT2D eigenvalue weighted by molar-refractivity contribution is 0.116. The summed E-state index contributed by atoms with van der Waals surface area (Å²) in [4.78, 5) is 7.62. The second kappa shape index (κ2) is 7.22. The molecule has 1 aliphatic carbocycles. The summed E-state index contributed by atoms with van der Waals surface area (Å²) in [6.07, 6.45) is 1.14. The van der Waals surface area contributed by atoms with E-state index >= 15 is 0 Å². The number of imidazole rings is 1. The Morgan fingerprint density at radius 1 is 1.21 bits per heavy atom. The molecule has 154 valence electrons. The van der Waals surface area contributed by atoms with E-state index in [4.69, 9.17) is 9.15 Å². The van der Waals surface area contributed by atoms with Gasteiger partial charge in [0.05, 0.1) is 18.7 Å². The van der Waals surface area contributed by atoms with Crippen LogP contribution in [-0.2, 0) is 4.74 Å². The van der Waals surface area contributed by atoms with Crippen molar-refractivity contribution in [3.8, 4) is 11.6 Å². The van der Waals surface area contributed by atoms with E-state index in [1.807, 2.05) is 10.5 Å². The molecule has 3 aromatic heterocycles. The van der Waals surface area contributed by atoms with Crippen LogP contribution >= 0.6 is 11.9 Å². The molecule has 1 N–H and O–H groups in total. The van der Waals surface area contributed by atoms with Crippen molar-refractivity contribution in [2.75, 3.05) is 31.2 Å². The van der Waals surface area contributed by atoms with Gasteiger partial charge in [-0.2, -0.15) is 8.78 Å². The van der Waals surface area contributed by atoms with Gasteiger partial charge in [0.25, 0.3) is 11.8 Å². The predicted octanol–water partition coefficient (Wildman–Crippen LogP) is 3.31. The molecule has 0 bridgehead atoms. The monoisotopic (exact) mass is 422 g/mol. The summed E-state index contributed by atoms with van der Waals surface area (Å²) in [7, 11) is 0. The number of nitrogens with one attached hydrogen (secondary N) is 1. The largest absolute Gasteiger partial charge is 0.413 e. The second-order valence-electron chi connectivity index (χ2n) is 7.51. The third-order valence-electron chi connectivity index (χ3n) is 5.18. The molecule has 0 aromatic carbocycles. The molecule has 29 heavy (non-hydrogen) atoms. The highest BCUT2D eigenvalue weighted by Gasteiger charge is 2.37. The number of fused-ring (bicyclic) bond motifs is 1. The van der Waals surface area contributed by atoms with E-state index in [1.54, 1.807) is 18.3 Å². The Morgan fingerprint density at radius 2 is 2.00 bits per heavy atom. The van der Waals surface area contributed by atoms with E-state index in [0.717, 1.165) is 42.2 Å². The number of hydrogen-bond donors (Lipinski definition) is 1. The highest BCUT2D eigenvalue weighted by atomic mass is 32.2. The highest BCUT2D eigenvalue weighted by Crippen LogP contribution is 2.39. The lowest BCUT2D eigenvalue weighted by atomic mass is 10.3. The smallest absolute Gasteiger partial charge is 0.314 e. The SMILES string of the molecule is CC1(NSc2cc(N3CCOCC3)n3cnc(-c4nnc(C(F)F)o4)c3c2)CC1. The van der Waals surface area contributed by atoms with Crippen molar-refractivity contribution in [2.45, 2.75) is 36.6 Å². The van der Waals surface area contributed by atoms with Gasteiger partial charge in [-0.05, 0) is 43.8 Å². The Balaban J connectivity index is 1.57. The molecule has 2 aliphatic rings. The van der Waals surface area contributed by atoms with Crippen molar-refractivity contribution in [1.82, 2.24) is 24.3 Å². The zero-order chi connectivity index (χ0) is 20.0. The Bertz CT molecular complexity index is 1030. The third kappa shape index (κ3) is 3.69. The van der Waals surface area contributed by atoms with Gasteiger partial charge < -0.3 is 14.1 Å². The molecule has 1 saturated carbocycles. The average molecular weight is 422 g/mol. The number of pyridine rings is 1. The second-order valence-corrected chi connectivity index (χ2v) is 8.39. The minimum Gasteiger partial charge on any atom is -0.413 e. The van der Waals surface area contributed by atoms with E-state index in [1.165, 1.54) is 0 Å². The van der Waals surface area contributed by atoms with Gasteiger partial charge in [-0.25, -0.2) is 4.98 Å². The molecular weight excluding hydrogens is 402 g/mol. The van der Waals surface area contributed by atoms with Crippen molar-refractivity contribution in [3.05, 3.63) is 24.4 Å². The summed E-state index contributed by atoms with van der Waals surface area (Å²) in [6, 6.07) is 4.06. The van der Waals surface area contributed by atoms with Crippen molar-refractivity contribution >= 4 is 23.3 Å². The van der Waals surface area contributed by atoms with Gasteiger partial charge >= 0.3 is 6.43 Å². The zero-order valence-corrected chi connectivity index (χ0v) is 16.6. The Hall–Kier alpha value is -2.24. The number of aromatic nitrogens is 4. The van der Waals surface area contributed by atoms with E-state index in [-0.39, 0.29) is 11.4 Å². The number of ether oxygens (including phenoxy) is 1. The van der Waals surface area contributed by atoms with Gasteiger partial charge in [0.1, 0.15) is 12.1 Å². The van der Waals surface area contributed by atoms with Crippen molar-refractivity contribution in [2.24, 2.45) is 0 Å². The molecule has 0 atom stereocenters. The number of halogens is 2. The lowest BCUT2D eigenvalue weighted by Crippen LogP contribution is -2.37. The molecule has 1 aliphatic heterocycles. The fourth-order valence-corrected chi connectivity index (χ4v) is 4.10. The van der Waals surface area contributed by atoms with Crippen LogP contribution in [0, 0.1) is 0 Å². The summed E-state index contributed by atoms with van der Waals surface area (Å²) in [5, 5.41) is 7.20. The number of nitrogens with zero attached hydrogens (tertiary/aromatic N) is 5. The van der Waals surface area contributed by atoms with Crippen LogP contribution < -0.4 is 9.62 Å². The number of rotatable bonds is 6. The van der Waals surface area contributed by atoms with Crippen LogP contribution in [0.15, 0.2) is 27.8 Å². The molecule has 1 saturated heterocycles. The minimum absolute atomic E-state index is 0.0139. The molecule has 3 aromatic rings. The molecule has 0 amide bonds. The number of hydrogen-bond acceptors (Lipinski definition) is 8. The summed E-state index contributed by atoms with van der Waals surface area (Å²) in [5.41, 5.74) is 1.28.